The first-order valence-electron chi connectivity index (χ1n) is 21.1. The summed E-state index contributed by atoms with van der Waals surface area (Å²) in [4.78, 5) is 0. The number of aryl methyl sites for hydroxylation is 1. The number of fused-ring (bicyclic) bond motifs is 3. The molecule has 6 rings (SSSR count). The Bertz CT molecular complexity index is 1940. The van der Waals surface area contributed by atoms with Crippen molar-refractivity contribution in [3.8, 4) is 11.1 Å². The predicted molar refractivity (Wildman–Crippen MR) is 244 cm³/mol. The molecule has 0 unspecified atom stereocenters. The SMILES string of the molecule is CC(C)(C)c1[c-]c2c(cc1C(C)(C)C)-c1cc(C(C)(C)C)c(C(C)(C)C)cc1C2.CCCCc1cc(C(C)(C)C)c[cH-]1.[Cl-].[Cl-].[Zr+2]=[C](c1ccccc1)c1ccccc1. The first-order valence-corrected chi connectivity index (χ1v) is 22.3. The van der Waals surface area contributed by atoms with Crippen LogP contribution in [0, 0.1) is 6.07 Å². The molecule has 0 N–H and O–H groups in total. The Morgan fingerprint density at radius 2 is 1.05 bits per heavy atom. The van der Waals surface area contributed by atoms with E-state index in [0.29, 0.717) is 5.41 Å². The van der Waals surface area contributed by atoms with Crippen LogP contribution in [0.2, 0.25) is 0 Å². The van der Waals surface area contributed by atoms with Crippen molar-refractivity contribution in [3.63, 3.8) is 0 Å². The molecule has 0 bridgehead atoms. The van der Waals surface area contributed by atoms with Crippen LogP contribution in [0.1, 0.15) is 179 Å². The van der Waals surface area contributed by atoms with Gasteiger partial charge in [-0.1, -0.05) is 159 Å². The molecule has 0 nitrogen and oxygen atoms in total. The summed E-state index contributed by atoms with van der Waals surface area (Å²) in [5.41, 5.74) is 17.9. The minimum absolute atomic E-state index is 0. The first kappa shape index (κ1) is 51.7. The van der Waals surface area contributed by atoms with Crippen LogP contribution in [0.4, 0.5) is 0 Å². The van der Waals surface area contributed by atoms with E-state index in [1.54, 1.807) is 0 Å². The van der Waals surface area contributed by atoms with Crippen molar-refractivity contribution in [2.45, 2.75) is 164 Å². The van der Waals surface area contributed by atoms with E-state index in [1.807, 2.05) is 0 Å². The summed E-state index contributed by atoms with van der Waals surface area (Å²) >= 11 is 1.46. The number of unbranched alkanes of at least 4 members (excludes halogenated alkanes) is 1. The Hall–Kier alpha value is -2.44. The van der Waals surface area contributed by atoms with E-state index in [1.165, 1.54) is 113 Å². The molecule has 1 aliphatic carbocycles. The van der Waals surface area contributed by atoms with Gasteiger partial charge in [0.2, 0.25) is 0 Å². The number of benzene rings is 4. The molecule has 0 saturated heterocycles. The molecule has 0 heterocycles. The van der Waals surface area contributed by atoms with Gasteiger partial charge in [-0.2, -0.15) is 41.0 Å². The standard InChI is InChI=1S/C29H41.C13H10.C13H21.2ClH.Zr/c1-26(2,3)22-14-18-13-19-15-23(27(4,5)6)25(29(10,11)12)17-21(19)20(18)16-24(22)28(7,8)9;1-3-7-12(8-4-1)11-13-9-5-2-6-10-13;1-5-6-7-11-8-9-12(10-11)13(2,3)4;;;/h14,16-17H,13H2,1-12H3;1-10H;8-10H,5-7H2,1-4H3;2*1H;/q-1;;-1;;;+2/p-2. The minimum atomic E-state index is 0. The molecule has 5 aromatic carbocycles. The van der Waals surface area contributed by atoms with Crippen molar-refractivity contribution in [1.82, 2.24) is 0 Å². The van der Waals surface area contributed by atoms with Gasteiger partial charge in [0.15, 0.2) is 0 Å². The van der Waals surface area contributed by atoms with Crippen LogP contribution in [0.25, 0.3) is 11.1 Å². The summed E-state index contributed by atoms with van der Waals surface area (Å²) in [7, 11) is 0. The van der Waals surface area contributed by atoms with Crippen molar-refractivity contribution in [3.05, 3.63) is 159 Å². The van der Waals surface area contributed by atoms with E-state index in [4.69, 9.17) is 0 Å². The Morgan fingerprint density at radius 1 is 0.586 bits per heavy atom. The number of rotatable bonds is 5. The average molecular weight is 895 g/mol. The van der Waals surface area contributed by atoms with Gasteiger partial charge in [0.25, 0.3) is 0 Å². The third-order valence-electron chi connectivity index (χ3n) is 10.9. The maximum atomic E-state index is 3.90. The second-order valence-electron chi connectivity index (χ2n) is 21.2. The molecule has 0 saturated carbocycles. The molecule has 312 valence electrons. The molecule has 3 heteroatoms. The van der Waals surface area contributed by atoms with Gasteiger partial charge in [-0.05, 0) is 39.4 Å². The van der Waals surface area contributed by atoms with E-state index in [2.05, 4.69) is 214 Å². The predicted octanol–water partition coefficient (Wildman–Crippen LogP) is 9.10. The Kier molecular flexibility index (Phi) is 18.2. The second kappa shape index (κ2) is 20.4. The van der Waals surface area contributed by atoms with Crippen LogP contribution in [0.5, 0.6) is 0 Å². The molecule has 58 heavy (non-hydrogen) atoms. The van der Waals surface area contributed by atoms with E-state index in [0.717, 1.165) is 6.42 Å². The van der Waals surface area contributed by atoms with Gasteiger partial charge in [-0.25, -0.2) is 6.07 Å². The molecule has 0 amide bonds. The topological polar surface area (TPSA) is 0 Å². The fourth-order valence-corrected chi connectivity index (χ4v) is 8.32. The second-order valence-corrected chi connectivity index (χ2v) is 22.4. The molecule has 0 atom stereocenters. The maximum absolute atomic E-state index is 3.90. The number of hydrogen-bond donors (Lipinski definition) is 0. The van der Waals surface area contributed by atoms with Crippen molar-refractivity contribution >= 4 is 3.21 Å². The van der Waals surface area contributed by atoms with Gasteiger partial charge in [0, 0.05) is 0 Å². The molecule has 0 fully saturated rings. The van der Waals surface area contributed by atoms with Gasteiger partial charge >= 0.3 is 99.2 Å². The molecule has 0 aromatic heterocycles. The van der Waals surface area contributed by atoms with E-state index < -0.39 is 0 Å². The van der Waals surface area contributed by atoms with Gasteiger partial charge in [-0.15, -0.1) is 16.7 Å². The van der Waals surface area contributed by atoms with Gasteiger partial charge in [0.1, 0.15) is 0 Å². The average Bonchev–Trinajstić information content (AvgIpc) is 3.74. The Morgan fingerprint density at radius 3 is 1.47 bits per heavy atom. The zero-order valence-corrected chi connectivity index (χ0v) is 42.8. The van der Waals surface area contributed by atoms with Crippen molar-refractivity contribution in [2.75, 3.05) is 0 Å². The number of hydrogen-bond acceptors (Lipinski definition) is 0. The summed E-state index contributed by atoms with van der Waals surface area (Å²) in [6.07, 6.45) is 4.85. The van der Waals surface area contributed by atoms with Crippen LogP contribution < -0.4 is 24.8 Å². The van der Waals surface area contributed by atoms with E-state index in [-0.39, 0.29) is 46.5 Å². The number of halogens is 2. The van der Waals surface area contributed by atoms with Crippen LogP contribution in [-0.4, -0.2) is 3.21 Å². The third-order valence-corrected chi connectivity index (χ3v) is 12.3. The molecular formula is C55H72Cl2Zr-2. The van der Waals surface area contributed by atoms with Gasteiger partial charge in [-0.3, -0.25) is 0 Å². The van der Waals surface area contributed by atoms with Gasteiger partial charge < -0.3 is 24.8 Å². The molecular weight excluding hydrogens is 823 g/mol. The normalized spacial score (nSPS) is 12.4. The van der Waals surface area contributed by atoms with Crippen molar-refractivity contribution < 1.29 is 49.0 Å². The molecule has 5 aromatic rings. The monoisotopic (exact) mass is 892 g/mol. The van der Waals surface area contributed by atoms with Crippen LogP contribution in [0.3, 0.4) is 0 Å². The third kappa shape index (κ3) is 13.5. The quantitative estimate of drug-likeness (QED) is 0.152. The van der Waals surface area contributed by atoms with Crippen molar-refractivity contribution in [2.24, 2.45) is 0 Å². The van der Waals surface area contributed by atoms with Crippen LogP contribution >= 0.6 is 0 Å². The summed E-state index contributed by atoms with van der Waals surface area (Å²) in [6.45, 7) is 37.0. The van der Waals surface area contributed by atoms with E-state index in [9.17, 15) is 0 Å². The zero-order chi connectivity index (χ0) is 41.9. The van der Waals surface area contributed by atoms with E-state index >= 15 is 0 Å². The summed E-state index contributed by atoms with van der Waals surface area (Å²) < 4.78 is 1.42. The molecule has 0 radical (unpaired) electrons. The fraction of sp³-hybridized carbons (Fsp3) is 0.455. The summed E-state index contributed by atoms with van der Waals surface area (Å²) in [5, 5.41) is 0. The molecule has 0 spiro atoms. The molecule has 0 aliphatic heterocycles. The van der Waals surface area contributed by atoms with Crippen LogP contribution in [0.15, 0.2) is 97.1 Å². The summed E-state index contributed by atoms with van der Waals surface area (Å²) in [5.74, 6) is 0. The first-order chi connectivity index (χ1) is 25.8. The summed E-state index contributed by atoms with van der Waals surface area (Å²) in [6, 6.07) is 39.4. The van der Waals surface area contributed by atoms with Crippen molar-refractivity contribution in [1.29, 1.82) is 0 Å². The Balaban J connectivity index is 0.000000334. The van der Waals surface area contributed by atoms with Crippen LogP contribution in [-0.2, 0) is 64.2 Å². The molecule has 1 aliphatic rings. The van der Waals surface area contributed by atoms with Gasteiger partial charge in [0.05, 0.1) is 0 Å². The fourth-order valence-electron chi connectivity index (χ4n) is 7.50. The zero-order valence-electron chi connectivity index (χ0n) is 38.8. The Labute approximate surface area is 383 Å².